The van der Waals surface area contributed by atoms with E-state index in [2.05, 4.69) is 51.7 Å². The Morgan fingerprint density at radius 3 is 2.08 bits per heavy atom. The predicted molar refractivity (Wildman–Crippen MR) is 62.1 cm³/mol. The Kier molecular flexibility index (Phi) is 3.70. The van der Waals surface area contributed by atoms with E-state index >= 15 is 0 Å². The average Bonchev–Trinajstić information content (AvgIpc) is 2.03. The van der Waals surface area contributed by atoms with Gasteiger partial charge in [-0.15, -0.1) is 11.8 Å². The van der Waals surface area contributed by atoms with Crippen molar-refractivity contribution in [3.05, 3.63) is 0 Å². The summed E-state index contributed by atoms with van der Waals surface area (Å²) in [5.74, 6) is 1.42. The smallest absolute Gasteiger partial charge is 0.0694 e. The largest absolute Gasteiger partial charge is 0.302 e. The van der Waals surface area contributed by atoms with Crippen LogP contribution in [0.4, 0.5) is 0 Å². The number of hydrogen-bond acceptors (Lipinski definition) is 2. The van der Waals surface area contributed by atoms with Crippen molar-refractivity contribution in [3.63, 3.8) is 0 Å². The third-order valence-electron chi connectivity index (χ3n) is 3.06. The van der Waals surface area contributed by atoms with Gasteiger partial charge in [0, 0.05) is 5.25 Å². The van der Waals surface area contributed by atoms with Crippen LogP contribution in [0.5, 0.6) is 0 Å². The molecule has 0 spiro atoms. The Bertz CT molecular complexity index is 157. The van der Waals surface area contributed by atoms with E-state index in [1.54, 1.807) is 0 Å². The molecule has 0 aliphatic carbocycles. The van der Waals surface area contributed by atoms with Crippen molar-refractivity contribution in [1.82, 2.24) is 5.32 Å². The van der Waals surface area contributed by atoms with Gasteiger partial charge in [0.25, 0.3) is 0 Å². The molecule has 1 nitrogen and oxygen atoms in total. The first-order valence-electron chi connectivity index (χ1n) is 5.42. The van der Waals surface area contributed by atoms with Crippen LogP contribution in [0.3, 0.4) is 0 Å². The lowest BCUT2D eigenvalue weighted by molar-refractivity contribution is 0.264. The maximum absolute atomic E-state index is 3.72. The lowest BCUT2D eigenvalue weighted by atomic mass is 9.91. The van der Waals surface area contributed by atoms with Crippen LogP contribution in [0.25, 0.3) is 0 Å². The SMILES string of the molecule is CC1CCNC(C(C)C)(C(C)C)S1. The van der Waals surface area contributed by atoms with E-state index in [0.717, 1.165) is 5.25 Å². The van der Waals surface area contributed by atoms with Crippen molar-refractivity contribution < 1.29 is 0 Å². The van der Waals surface area contributed by atoms with Crippen LogP contribution < -0.4 is 5.32 Å². The zero-order valence-electron chi connectivity index (χ0n) is 9.55. The molecule has 0 aromatic heterocycles. The second kappa shape index (κ2) is 4.22. The molecule has 1 aliphatic heterocycles. The summed E-state index contributed by atoms with van der Waals surface area (Å²) in [6.07, 6.45) is 1.31. The number of rotatable bonds is 2. The third kappa shape index (κ3) is 2.21. The zero-order valence-corrected chi connectivity index (χ0v) is 10.4. The summed E-state index contributed by atoms with van der Waals surface area (Å²) in [4.78, 5) is 0.317. The number of hydrogen-bond donors (Lipinski definition) is 1. The molecule has 0 bridgehead atoms. The quantitative estimate of drug-likeness (QED) is 0.737. The van der Waals surface area contributed by atoms with E-state index in [0.29, 0.717) is 16.7 Å². The van der Waals surface area contributed by atoms with Crippen molar-refractivity contribution in [1.29, 1.82) is 0 Å². The van der Waals surface area contributed by atoms with E-state index in [-0.39, 0.29) is 0 Å². The number of nitrogens with one attached hydrogen (secondary N) is 1. The normalized spacial score (nSPS) is 28.4. The molecule has 1 N–H and O–H groups in total. The van der Waals surface area contributed by atoms with Crippen LogP contribution in [-0.4, -0.2) is 16.7 Å². The Morgan fingerprint density at radius 2 is 1.77 bits per heavy atom. The molecule has 0 amide bonds. The minimum Gasteiger partial charge on any atom is -0.302 e. The van der Waals surface area contributed by atoms with E-state index in [1.165, 1.54) is 13.0 Å². The van der Waals surface area contributed by atoms with Gasteiger partial charge in [-0.3, -0.25) is 0 Å². The lowest BCUT2D eigenvalue weighted by Gasteiger charge is -2.46. The molecule has 0 radical (unpaired) electrons. The summed E-state index contributed by atoms with van der Waals surface area (Å²) in [7, 11) is 0. The summed E-state index contributed by atoms with van der Waals surface area (Å²) in [6.45, 7) is 12.9. The van der Waals surface area contributed by atoms with E-state index in [4.69, 9.17) is 0 Å². The summed E-state index contributed by atoms with van der Waals surface area (Å²) in [5.41, 5.74) is 0. The minimum absolute atomic E-state index is 0.317. The Morgan fingerprint density at radius 1 is 1.23 bits per heavy atom. The summed E-state index contributed by atoms with van der Waals surface area (Å²) >= 11 is 2.14. The van der Waals surface area contributed by atoms with Crippen molar-refractivity contribution >= 4 is 11.8 Å². The van der Waals surface area contributed by atoms with Crippen molar-refractivity contribution in [2.45, 2.75) is 51.2 Å². The molecule has 0 aromatic carbocycles. The Balaban J connectivity index is 2.77. The zero-order chi connectivity index (χ0) is 10.1. The van der Waals surface area contributed by atoms with Gasteiger partial charge in [0.05, 0.1) is 4.87 Å². The fraction of sp³-hybridized carbons (Fsp3) is 1.00. The van der Waals surface area contributed by atoms with Crippen molar-refractivity contribution in [3.8, 4) is 0 Å². The first-order valence-corrected chi connectivity index (χ1v) is 6.30. The van der Waals surface area contributed by atoms with Gasteiger partial charge < -0.3 is 5.32 Å². The molecule has 1 fully saturated rings. The van der Waals surface area contributed by atoms with Gasteiger partial charge >= 0.3 is 0 Å². The average molecular weight is 201 g/mol. The van der Waals surface area contributed by atoms with Gasteiger partial charge in [0.1, 0.15) is 0 Å². The van der Waals surface area contributed by atoms with Gasteiger partial charge in [-0.25, -0.2) is 0 Å². The second-order valence-corrected chi connectivity index (χ2v) is 6.46. The van der Waals surface area contributed by atoms with Crippen LogP contribution >= 0.6 is 11.8 Å². The van der Waals surface area contributed by atoms with Crippen molar-refractivity contribution in [2.24, 2.45) is 11.8 Å². The molecule has 2 heteroatoms. The molecule has 0 saturated carbocycles. The van der Waals surface area contributed by atoms with Crippen LogP contribution in [0.15, 0.2) is 0 Å². The highest BCUT2D eigenvalue weighted by atomic mass is 32.2. The standard InChI is InChI=1S/C11H23NS/c1-8(2)11(9(3)4)12-7-6-10(5)13-11/h8-10,12H,6-7H2,1-5H3. The second-order valence-electron chi connectivity index (χ2n) is 4.75. The van der Waals surface area contributed by atoms with E-state index < -0.39 is 0 Å². The summed E-state index contributed by atoms with van der Waals surface area (Å²) < 4.78 is 0. The summed E-state index contributed by atoms with van der Waals surface area (Å²) in [6, 6.07) is 0. The molecule has 78 valence electrons. The highest BCUT2D eigenvalue weighted by molar-refractivity contribution is 8.01. The molecule has 13 heavy (non-hydrogen) atoms. The molecule has 1 aliphatic rings. The Labute approximate surface area is 87.1 Å². The fourth-order valence-electron chi connectivity index (χ4n) is 2.25. The predicted octanol–water partition coefficient (Wildman–Crippen LogP) is 3.11. The highest BCUT2D eigenvalue weighted by Crippen LogP contribution is 2.42. The molecule has 0 aromatic rings. The maximum Gasteiger partial charge on any atom is 0.0694 e. The third-order valence-corrected chi connectivity index (χ3v) is 5.18. The molecule has 1 rings (SSSR count). The number of thioether (sulfide) groups is 1. The molecular formula is C11H23NS. The molecule has 1 atom stereocenters. The first kappa shape index (κ1) is 11.4. The molecule has 1 heterocycles. The lowest BCUT2D eigenvalue weighted by Crippen LogP contribution is -2.55. The fourth-order valence-corrected chi connectivity index (χ4v) is 3.88. The van der Waals surface area contributed by atoms with E-state index in [1.807, 2.05) is 0 Å². The Hall–Kier alpha value is 0.310. The molecule has 1 unspecified atom stereocenters. The maximum atomic E-state index is 3.72. The van der Waals surface area contributed by atoms with Crippen LogP contribution in [-0.2, 0) is 0 Å². The van der Waals surface area contributed by atoms with Gasteiger partial charge in [0.2, 0.25) is 0 Å². The monoisotopic (exact) mass is 201 g/mol. The topological polar surface area (TPSA) is 12.0 Å². The van der Waals surface area contributed by atoms with Gasteiger partial charge in [-0.05, 0) is 24.8 Å². The summed E-state index contributed by atoms with van der Waals surface area (Å²) in [5, 5.41) is 4.54. The molecule has 1 saturated heterocycles. The first-order chi connectivity index (χ1) is 5.99. The van der Waals surface area contributed by atoms with E-state index in [9.17, 15) is 0 Å². The highest BCUT2D eigenvalue weighted by Gasteiger charge is 2.40. The van der Waals surface area contributed by atoms with Crippen LogP contribution in [0.1, 0.15) is 41.0 Å². The minimum atomic E-state index is 0.317. The van der Waals surface area contributed by atoms with Crippen LogP contribution in [0, 0.1) is 11.8 Å². The van der Waals surface area contributed by atoms with Crippen molar-refractivity contribution in [2.75, 3.05) is 6.54 Å². The van der Waals surface area contributed by atoms with Crippen LogP contribution in [0.2, 0.25) is 0 Å². The van der Waals surface area contributed by atoms with Gasteiger partial charge in [-0.1, -0.05) is 34.6 Å². The van der Waals surface area contributed by atoms with Gasteiger partial charge in [-0.2, -0.15) is 0 Å². The van der Waals surface area contributed by atoms with Gasteiger partial charge in [0.15, 0.2) is 0 Å². The molecular weight excluding hydrogens is 178 g/mol.